The third-order valence-corrected chi connectivity index (χ3v) is 4.62. The first kappa shape index (κ1) is 12.2. The van der Waals surface area contributed by atoms with Crippen molar-refractivity contribution in [2.45, 2.75) is 32.2 Å². The summed E-state index contributed by atoms with van der Waals surface area (Å²) in [7, 11) is 0. The minimum absolute atomic E-state index is 0.0189. The van der Waals surface area contributed by atoms with Gasteiger partial charge < -0.3 is 10.1 Å². The predicted molar refractivity (Wildman–Crippen MR) is 72.1 cm³/mol. The third kappa shape index (κ3) is 1.66. The Balaban J connectivity index is 1.89. The van der Waals surface area contributed by atoms with E-state index in [2.05, 4.69) is 5.16 Å². The summed E-state index contributed by atoms with van der Waals surface area (Å²) in [6, 6.07) is 10.00. The summed E-state index contributed by atoms with van der Waals surface area (Å²) in [4.78, 5) is 14.5. The fourth-order valence-electron chi connectivity index (χ4n) is 3.17. The maximum absolute atomic E-state index is 12.6. The molecule has 4 nitrogen and oxygen atoms in total. The van der Waals surface area contributed by atoms with Gasteiger partial charge in [0.25, 0.3) is 0 Å². The number of nitrogens with zero attached hydrogens (tertiary/aromatic N) is 2. The van der Waals surface area contributed by atoms with Crippen molar-refractivity contribution < 1.29 is 10.0 Å². The van der Waals surface area contributed by atoms with Gasteiger partial charge in [-0.2, -0.15) is 0 Å². The Morgan fingerprint density at radius 2 is 2.00 bits per heavy atom. The zero-order valence-electron chi connectivity index (χ0n) is 11.0. The average Bonchev–Trinajstić information content (AvgIpc) is 2.71. The SMILES string of the molecule is C[C@H](c1ccccc1)N1C/C(=N\O)C2(CCC2)C1=O. The van der Waals surface area contributed by atoms with Crippen molar-refractivity contribution in [2.24, 2.45) is 10.6 Å². The quantitative estimate of drug-likeness (QED) is 0.655. The fraction of sp³-hybridized carbons (Fsp3) is 0.467. The number of carbonyl (C=O) groups is 1. The molecule has 2 fully saturated rings. The van der Waals surface area contributed by atoms with Crippen molar-refractivity contribution in [1.29, 1.82) is 0 Å². The number of oxime groups is 1. The van der Waals surface area contributed by atoms with Gasteiger partial charge in [0.05, 0.1) is 23.7 Å². The molecule has 0 radical (unpaired) electrons. The number of hydrogen-bond donors (Lipinski definition) is 1. The fourth-order valence-corrected chi connectivity index (χ4v) is 3.17. The molecule has 1 saturated heterocycles. The highest BCUT2D eigenvalue weighted by molar-refractivity contribution is 6.15. The highest BCUT2D eigenvalue weighted by Gasteiger charge is 2.56. The van der Waals surface area contributed by atoms with Crippen molar-refractivity contribution in [3.05, 3.63) is 35.9 Å². The second kappa shape index (κ2) is 4.37. The monoisotopic (exact) mass is 258 g/mol. The van der Waals surface area contributed by atoms with Crippen LogP contribution in [0, 0.1) is 5.41 Å². The largest absolute Gasteiger partial charge is 0.411 e. The van der Waals surface area contributed by atoms with Gasteiger partial charge >= 0.3 is 0 Å². The van der Waals surface area contributed by atoms with Gasteiger partial charge in [0.2, 0.25) is 5.91 Å². The maximum atomic E-state index is 12.6. The zero-order valence-corrected chi connectivity index (χ0v) is 11.0. The lowest BCUT2D eigenvalue weighted by molar-refractivity contribution is -0.140. The summed E-state index contributed by atoms with van der Waals surface area (Å²) in [5.41, 5.74) is 1.27. The lowest BCUT2D eigenvalue weighted by Crippen LogP contribution is -2.43. The summed E-state index contributed by atoms with van der Waals surface area (Å²) in [5.74, 6) is 0.128. The molecule has 1 amide bonds. The van der Waals surface area contributed by atoms with E-state index in [1.807, 2.05) is 42.2 Å². The maximum Gasteiger partial charge on any atom is 0.235 e. The van der Waals surface area contributed by atoms with E-state index < -0.39 is 5.41 Å². The molecule has 1 heterocycles. The summed E-state index contributed by atoms with van der Waals surface area (Å²) in [6.07, 6.45) is 2.69. The van der Waals surface area contributed by atoms with E-state index in [0.29, 0.717) is 12.3 Å². The van der Waals surface area contributed by atoms with Crippen LogP contribution in [0.25, 0.3) is 0 Å². The molecule has 0 aromatic heterocycles. The Kier molecular flexibility index (Phi) is 2.81. The number of benzene rings is 1. The molecule has 1 atom stereocenters. The highest BCUT2D eigenvalue weighted by Crippen LogP contribution is 2.49. The van der Waals surface area contributed by atoms with Crippen LogP contribution in [0.4, 0.5) is 0 Å². The summed E-state index contributed by atoms with van der Waals surface area (Å²) in [5, 5.41) is 12.6. The Bertz CT molecular complexity index is 520. The van der Waals surface area contributed by atoms with Gasteiger partial charge in [-0.1, -0.05) is 41.9 Å². The minimum atomic E-state index is -0.488. The van der Waals surface area contributed by atoms with Crippen LogP contribution in [-0.2, 0) is 4.79 Å². The first-order valence-electron chi connectivity index (χ1n) is 6.76. The molecule has 3 rings (SSSR count). The van der Waals surface area contributed by atoms with E-state index in [1.54, 1.807) is 0 Å². The lowest BCUT2D eigenvalue weighted by atomic mass is 9.66. The van der Waals surface area contributed by atoms with Crippen LogP contribution in [0.2, 0.25) is 0 Å². The first-order chi connectivity index (χ1) is 9.19. The standard InChI is InChI=1S/C15H18N2O2/c1-11(12-6-3-2-4-7-12)17-10-13(16-19)15(14(17)18)8-5-9-15/h2-4,6-7,11,19H,5,8-10H2,1H3/b16-13+/t11-/m1/s1. The summed E-state index contributed by atoms with van der Waals surface area (Å²) < 4.78 is 0. The smallest absolute Gasteiger partial charge is 0.235 e. The Hall–Kier alpha value is -1.84. The predicted octanol–water partition coefficient (Wildman–Crippen LogP) is 2.59. The second-order valence-electron chi connectivity index (χ2n) is 5.50. The number of rotatable bonds is 2. The molecule has 100 valence electrons. The van der Waals surface area contributed by atoms with Crippen LogP contribution in [0.5, 0.6) is 0 Å². The van der Waals surface area contributed by atoms with E-state index in [9.17, 15) is 4.79 Å². The zero-order chi connectivity index (χ0) is 13.5. The molecular formula is C15H18N2O2. The van der Waals surface area contributed by atoms with Gasteiger partial charge in [-0.3, -0.25) is 4.79 Å². The molecule has 1 spiro atoms. The summed E-state index contributed by atoms with van der Waals surface area (Å²) in [6.45, 7) is 2.48. The van der Waals surface area contributed by atoms with Crippen molar-refractivity contribution in [3.63, 3.8) is 0 Å². The van der Waals surface area contributed by atoms with Crippen molar-refractivity contribution >= 4 is 11.6 Å². The van der Waals surface area contributed by atoms with Crippen molar-refractivity contribution in [2.75, 3.05) is 6.54 Å². The molecule has 0 unspecified atom stereocenters. The number of likely N-dealkylation sites (tertiary alicyclic amines) is 1. The molecule has 1 aromatic carbocycles. The van der Waals surface area contributed by atoms with E-state index >= 15 is 0 Å². The molecule has 0 bridgehead atoms. The lowest BCUT2D eigenvalue weighted by Gasteiger charge is -2.36. The first-order valence-corrected chi connectivity index (χ1v) is 6.76. The van der Waals surface area contributed by atoms with Gasteiger partial charge in [-0.15, -0.1) is 0 Å². The van der Waals surface area contributed by atoms with Crippen LogP contribution in [-0.4, -0.2) is 28.3 Å². The van der Waals surface area contributed by atoms with E-state index in [4.69, 9.17) is 5.21 Å². The van der Waals surface area contributed by atoms with Crippen LogP contribution in [0.15, 0.2) is 35.5 Å². The van der Waals surface area contributed by atoms with Gasteiger partial charge in [-0.25, -0.2) is 0 Å². The van der Waals surface area contributed by atoms with Crippen LogP contribution in [0.3, 0.4) is 0 Å². The van der Waals surface area contributed by atoms with Gasteiger partial charge in [0.15, 0.2) is 0 Å². The topological polar surface area (TPSA) is 52.9 Å². The number of carbonyl (C=O) groups excluding carboxylic acids is 1. The molecule has 1 N–H and O–H groups in total. The molecule has 4 heteroatoms. The molecule has 2 aliphatic rings. The third-order valence-electron chi connectivity index (χ3n) is 4.62. The van der Waals surface area contributed by atoms with Crippen LogP contribution < -0.4 is 0 Å². The average molecular weight is 258 g/mol. The van der Waals surface area contributed by atoms with Gasteiger partial charge in [-0.05, 0) is 25.3 Å². The van der Waals surface area contributed by atoms with E-state index in [1.165, 1.54) is 0 Å². The normalized spacial score (nSPS) is 24.8. The molecule has 1 aromatic rings. The second-order valence-corrected chi connectivity index (χ2v) is 5.50. The molecule has 1 saturated carbocycles. The van der Waals surface area contributed by atoms with Crippen molar-refractivity contribution in [1.82, 2.24) is 4.90 Å². The highest BCUT2D eigenvalue weighted by atomic mass is 16.4. The van der Waals surface area contributed by atoms with E-state index in [0.717, 1.165) is 24.8 Å². The molecule has 19 heavy (non-hydrogen) atoms. The van der Waals surface area contributed by atoms with Crippen LogP contribution >= 0.6 is 0 Å². The summed E-state index contributed by atoms with van der Waals surface area (Å²) >= 11 is 0. The molecule has 1 aliphatic carbocycles. The Morgan fingerprint density at radius 1 is 1.32 bits per heavy atom. The molecule has 1 aliphatic heterocycles. The van der Waals surface area contributed by atoms with Crippen LogP contribution in [0.1, 0.15) is 37.8 Å². The number of amides is 1. The van der Waals surface area contributed by atoms with Gasteiger partial charge in [0.1, 0.15) is 0 Å². The number of hydrogen-bond acceptors (Lipinski definition) is 3. The van der Waals surface area contributed by atoms with Gasteiger partial charge in [0, 0.05) is 0 Å². The Morgan fingerprint density at radius 3 is 2.47 bits per heavy atom. The van der Waals surface area contributed by atoms with E-state index in [-0.39, 0.29) is 11.9 Å². The minimum Gasteiger partial charge on any atom is -0.411 e. The Labute approximate surface area is 112 Å². The molecular weight excluding hydrogens is 240 g/mol. The van der Waals surface area contributed by atoms with Crippen molar-refractivity contribution in [3.8, 4) is 0 Å².